The molecule has 0 spiro atoms. The smallest absolute Gasteiger partial charge is 0.214 e. The maximum atomic E-state index is 6.28. The van der Waals surface area contributed by atoms with Crippen molar-refractivity contribution >= 4 is 23.8 Å². The molecule has 0 aliphatic rings. The van der Waals surface area contributed by atoms with Crippen LogP contribution in [0.25, 0.3) is 0 Å². The number of rotatable bonds is 7. The topological polar surface area (TPSA) is 64.1 Å². The molecule has 0 fully saturated rings. The number of ether oxygens (including phenoxy) is 2. The molecule has 21 heavy (non-hydrogen) atoms. The summed E-state index contributed by atoms with van der Waals surface area (Å²) in [6, 6.07) is 3.63. The van der Waals surface area contributed by atoms with E-state index in [9.17, 15) is 0 Å². The molecule has 0 amide bonds. The Balaban J connectivity index is 2.20. The van der Waals surface area contributed by atoms with Crippen molar-refractivity contribution in [1.29, 1.82) is 0 Å². The van der Waals surface area contributed by atoms with Gasteiger partial charge in [0.25, 0.3) is 0 Å². The molecule has 0 saturated carbocycles. The van der Waals surface area contributed by atoms with Gasteiger partial charge in [-0.3, -0.25) is 5.10 Å². The van der Waals surface area contributed by atoms with E-state index in [2.05, 4.69) is 15.6 Å². The molecule has 0 radical (unpaired) electrons. The van der Waals surface area contributed by atoms with Crippen molar-refractivity contribution in [1.82, 2.24) is 14.9 Å². The van der Waals surface area contributed by atoms with E-state index in [1.807, 2.05) is 19.9 Å². The van der Waals surface area contributed by atoms with Crippen molar-refractivity contribution < 1.29 is 9.47 Å². The fraction of sp³-hybridized carbons (Fsp3) is 0.385. The Bertz CT molecular complexity index is 656. The predicted octanol–water partition coefficient (Wildman–Crippen LogP) is 3.14. The highest BCUT2D eigenvalue weighted by atomic mass is 35.5. The summed E-state index contributed by atoms with van der Waals surface area (Å²) >= 11 is 11.3. The summed E-state index contributed by atoms with van der Waals surface area (Å²) in [4.78, 5) is 0. The Morgan fingerprint density at radius 1 is 1.29 bits per heavy atom. The number of halogens is 1. The highest BCUT2D eigenvalue weighted by Crippen LogP contribution is 2.33. The number of hydrogen-bond donors (Lipinski definition) is 2. The number of nitrogens with zero attached hydrogens (tertiary/aromatic N) is 2. The maximum absolute atomic E-state index is 6.28. The van der Waals surface area contributed by atoms with Crippen LogP contribution in [0.5, 0.6) is 11.5 Å². The molecule has 114 valence electrons. The zero-order valence-corrected chi connectivity index (χ0v) is 13.4. The van der Waals surface area contributed by atoms with Crippen molar-refractivity contribution in [3.05, 3.63) is 33.8 Å². The third-order valence-electron chi connectivity index (χ3n) is 2.70. The molecule has 1 aromatic heterocycles. The highest BCUT2D eigenvalue weighted by Gasteiger charge is 2.11. The summed E-state index contributed by atoms with van der Waals surface area (Å²) in [5.41, 5.74) is 3.99. The van der Waals surface area contributed by atoms with Crippen LogP contribution in [0.1, 0.15) is 19.4 Å². The van der Waals surface area contributed by atoms with Crippen LogP contribution in [0.4, 0.5) is 0 Å². The molecule has 0 unspecified atom stereocenters. The second-order valence-corrected chi connectivity index (χ2v) is 4.92. The van der Waals surface area contributed by atoms with Crippen LogP contribution in [0.2, 0.25) is 5.02 Å². The molecule has 0 aliphatic heterocycles. The zero-order chi connectivity index (χ0) is 15.2. The summed E-state index contributed by atoms with van der Waals surface area (Å²) in [6.07, 6.45) is 1.56. The van der Waals surface area contributed by atoms with Gasteiger partial charge in [0, 0.05) is 11.1 Å². The van der Waals surface area contributed by atoms with Crippen molar-refractivity contribution in [2.45, 2.75) is 20.4 Å². The van der Waals surface area contributed by atoms with Gasteiger partial charge in [-0.25, -0.2) is 4.68 Å². The van der Waals surface area contributed by atoms with E-state index in [-0.39, 0.29) is 0 Å². The molecule has 6 nitrogen and oxygen atoms in total. The Morgan fingerprint density at radius 3 is 2.52 bits per heavy atom. The Hall–Kier alpha value is -1.73. The molecule has 2 rings (SSSR count). The lowest BCUT2D eigenvalue weighted by molar-refractivity contribution is 0.287. The van der Waals surface area contributed by atoms with Crippen LogP contribution < -0.4 is 14.9 Å². The summed E-state index contributed by atoms with van der Waals surface area (Å²) in [7, 11) is 0. The van der Waals surface area contributed by atoms with Crippen molar-refractivity contribution in [2.24, 2.45) is 0 Å². The van der Waals surface area contributed by atoms with Gasteiger partial charge in [0.15, 0.2) is 11.5 Å². The minimum absolute atomic E-state index is 0.485. The molecule has 2 N–H and O–H groups in total. The van der Waals surface area contributed by atoms with Crippen molar-refractivity contribution in [3.8, 4) is 11.5 Å². The lowest BCUT2D eigenvalue weighted by Crippen LogP contribution is -2.14. The van der Waals surface area contributed by atoms with Crippen LogP contribution in [-0.4, -0.2) is 28.1 Å². The quantitative estimate of drug-likeness (QED) is 0.764. The normalized spacial score (nSPS) is 10.4. The van der Waals surface area contributed by atoms with Gasteiger partial charge in [0.2, 0.25) is 4.77 Å². The monoisotopic (exact) mass is 328 g/mol. The molecule has 2 aromatic rings. The predicted molar refractivity (Wildman–Crippen MR) is 84.3 cm³/mol. The fourth-order valence-electron chi connectivity index (χ4n) is 1.78. The standard InChI is InChI=1S/C13H17ClN4O2S/c1-3-19-11-5-9(10(14)6-12(11)20-4-2)7-16-18-8-15-17-13(18)21/h5-6,8,16H,3-4,7H2,1-2H3,(H,17,21). The van der Waals surface area contributed by atoms with Gasteiger partial charge in [0.1, 0.15) is 6.33 Å². The molecule has 0 atom stereocenters. The fourth-order valence-corrected chi connectivity index (χ4v) is 2.17. The Labute approximate surface area is 133 Å². The van der Waals surface area contributed by atoms with Gasteiger partial charge in [-0.1, -0.05) is 11.6 Å². The minimum Gasteiger partial charge on any atom is -0.490 e. The first-order valence-electron chi connectivity index (χ1n) is 6.59. The summed E-state index contributed by atoms with van der Waals surface area (Å²) < 4.78 is 13.2. The van der Waals surface area contributed by atoms with Crippen LogP contribution in [0.15, 0.2) is 18.5 Å². The van der Waals surface area contributed by atoms with Gasteiger partial charge in [-0.05, 0) is 37.7 Å². The van der Waals surface area contributed by atoms with Gasteiger partial charge >= 0.3 is 0 Å². The number of hydrogen-bond acceptors (Lipinski definition) is 5. The zero-order valence-electron chi connectivity index (χ0n) is 11.9. The minimum atomic E-state index is 0.485. The third kappa shape index (κ3) is 3.89. The van der Waals surface area contributed by atoms with E-state index in [1.54, 1.807) is 17.1 Å². The second-order valence-electron chi connectivity index (χ2n) is 4.12. The molecule has 1 heterocycles. The molecule has 0 aliphatic carbocycles. The highest BCUT2D eigenvalue weighted by molar-refractivity contribution is 7.71. The molecule has 0 saturated heterocycles. The first kappa shape index (κ1) is 15.7. The van der Waals surface area contributed by atoms with E-state index in [4.69, 9.17) is 33.3 Å². The summed E-state index contributed by atoms with van der Waals surface area (Å²) in [6.45, 7) is 5.44. The molecule has 8 heteroatoms. The van der Waals surface area contributed by atoms with Gasteiger partial charge < -0.3 is 14.9 Å². The van der Waals surface area contributed by atoms with Crippen LogP contribution in [-0.2, 0) is 6.54 Å². The van der Waals surface area contributed by atoms with E-state index in [1.165, 1.54) is 0 Å². The van der Waals surface area contributed by atoms with E-state index < -0.39 is 0 Å². The summed E-state index contributed by atoms with van der Waals surface area (Å²) in [5, 5.41) is 7.10. The number of benzene rings is 1. The van der Waals surface area contributed by atoms with Gasteiger partial charge in [-0.15, -0.1) is 0 Å². The van der Waals surface area contributed by atoms with Gasteiger partial charge in [0.05, 0.1) is 19.8 Å². The average Bonchev–Trinajstić information content (AvgIpc) is 2.86. The van der Waals surface area contributed by atoms with Crippen LogP contribution >= 0.6 is 23.8 Å². The summed E-state index contributed by atoms with van der Waals surface area (Å²) in [5.74, 6) is 1.32. The lowest BCUT2D eigenvalue weighted by Gasteiger charge is -2.14. The van der Waals surface area contributed by atoms with Crippen molar-refractivity contribution in [3.63, 3.8) is 0 Å². The van der Waals surface area contributed by atoms with Gasteiger partial charge in [-0.2, -0.15) is 5.10 Å². The van der Waals surface area contributed by atoms with Crippen LogP contribution in [0, 0.1) is 4.77 Å². The first-order valence-corrected chi connectivity index (χ1v) is 7.38. The number of nitrogens with one attached hydrogen (secondary N) is 2. The number of aromatic amines is 1. The van der Waals surface area contributed by atoms with Crippen LogP contribution in [0.3, 0.4) is 0 Å². The molecule has 0 bridgehead atoms. The largest absolute Gasteiger partial charge is 0.490 e. The Morgan fingerprint density at radius 2 is 1.95 bits per heavy atom. The Kier molecular flexibility index (Phi) is 5.46. The average molecular weight is 329 g/mol. The van der Waals surface area contributed by atoms with E-state index >= 15 is 0 Å². The first-order chi connectivity index (χ1) is 10.2. The lowest BCUT2D eigenvalue weighted by atomic mass is 10.2. The maximum Gasteiger partial charge on any atom is 0.214 e. The molecule has 1 aromatic carbocycles. The van der Waals surface area contributed by atoms with Crippen molar-refractivity contribution in [2.75, 3.05) is 18.6 Å². The van der Waals surface area contributed by atoms with E-state index in [0.717, 1.165) is 5.56 Å². The third-order valence-corrected chi connectivity index (χ3v) is 3.34. The SMILES string of the molecule is CCOc1cc(Cl)c(CNn2cn[nH]c2=S)cc1OCC. The number of H-pyrrole nitrogens is 1. The molecular weight excluding hydrogens is 312 g/mol. The number of aromatic nitrogens is 3. The molecular formula is C13H17ClN4O2S. The van der Waals surface area contributed by atoms with E-state index in [0.29, 0.717) is 41.1 Å². The second kappa shape index (κ2) is 7.33.